The van der Waals surface area contributed by atoms with Crippen LogP contribution in [-0.2, 0) is 38.1 Å². The van der Waals surface area contributed by atoms with Crippen LogP contribution in [0, 0.1) is 46.3 Å². The predicted octanol–water partition coefficient (Wildman–Crippen LogP) is 5.95. The van der Waals surface area contributed by atoms with Crippen molar-refractivity contribution in [3.63, 3.8) is 0 Å². The van der Waals surface area contributed by atoms with Crippen molar-refractivity contribution in [3.8, 4) is 0 Å². The van der Waals surface area contributed by atoms with Gasteiger partial charge < -0.3 is 24.1 Å². The number of allylic oxidation sites excluding steroid dienone is 1. The van der Waals surface area contributed by atoms with E-state index >= 15 is 0 Å². The van der Waals surface area contributed by atoms with E-state index in [9.17, 15) is 24.3 Å². The molecule has 0 radical (unpaired) electrons. The second-order valence-corrected chi connectivity index (χ2v) is 15.5. The summed E-state index contributed by atoms with van der Waals surface area (Å²) in [6, 6.07) is 0. The Kier molecular flexibility index (Phi) is 10.2. The minimum absolute atomic E-state index is 0.0101. The number of rotatable bonds is 9. The maximum atomic E-state index is 12.8. The molecule has 0 aromatic carbocycles. The van der Waals surface area contributed by atoms with E-state index < -0.39 is 59.3 Å². The minimum Gasteiger partial charge on any atom is -0.462 e. The van der Waals surface area contributed by atoms with Gasteiger partial charge in [-0.1, -0.05) is 46.8 Å². The third kappa shape index (κ3) is 6.44. The van der Waals surface area contributed by atoms with Gasteiger partial charge in [-0.25, -0.2) is 0 Å². The number of carbonyl (C=O) groups is 4. The summed E-state index contributed by atoms with van der Waals surface area (Å²) in [5.41, 5.74) is -1.78. The summed E-state index contributed by atoms with van der Waals surface area (Å²) in [6.07, 6.45) is 2.11. The Morgan fingerprint density at radius 2 is 1.40 bits per heavy atom. The highest BCUT2D eigenvalue weighted by atomic mass is 16.6. The third-order valence-electron chi connectivity index (χ3n) is 12.5. The first-order valence-corrected chi connectivity index (χ1v) is 16.9. The second-order valence-electron chi connectivity index (χ2n) is 15.5. The summed E-state index contributed by atoms with van der Waals surface area (Å²) < 4.78 is 23.8. The van der Waals surface area contributed by atoms with Gasteiger partial charge in [-0.3, -0.25) is 19.2 Å². The van der Waals surface area contributed by atoms with Crippen molar-refractivity contribution < 1.29 is 43.2 Å². The van der Waals surface area contributed by atoms with Crippen molar-refractivity contribution in [2.24, 2.45) is 46.3 Å². The number of ether oxygens (including phenoxy) is 4. The summed E-state index contributed by atoms with van der Waals surface area (Å²) in [4.78, 5) is 49.9. The van der Waals surface area contributed by atoms with Crippen molar-refractivity contribution in [1.29, 1.82) is 0 Å². The monoisotopic (exact) mass is 632 g/mol. The molecular weight excluding hydrogens is 576 g/mol. The van der Waals surface area contributed by atoms with Crippen LogP contribution in [0.3, 0.4) is 0 Å². The molecule has 254 valence electrons. The summed E-state index contributed by atoms with van der Waals surface area (Å²) in [5.74, 6) is -0.934. The van der Waals surface area contributed by atoms with Crippen LogP contribution in [0.15, 0.2) is 12.2 Å². The lowest BCUT2D eigenvalue weighted by Crippen LogP contribution is -2.76. The van der Waals surface area contributed by atoms with Crippen molar-refractivity contribution in [3.05, 3.63) is 12.2 Å². The van der Waals surface area contributed by atoms with Gasteiger partial charge in [0, 0.05) is 51.9 Å². The lowest BCUT2D eigenvalue weighted by molar-refractivity contribution is -0.315. The van der Waals surface area contributed by atoms with Crippen LogP contribution in [0.1, 0.15) is 114 Å². The van der Waals surface area contributed by atoms with Crippen LogP contribution >= 0.6 is 0 Å². The molecule has 1 N–H and O–H groups in total. The number of fused-ring (bicyclic) bond motifs is 5. The van der Waals surface area contributed by atoms with Gasteiger partial charge in [0.15, 0.2) is 0 Å². The van der Waals surface area contributed by atoms with E-state index in [4.69, 9.17) is 18.9 Å². The molecule has 0 unspecified atom stereocenters. The molecule has 4 aliphatic rings. The molecule has 45 heavy (non-hydrogen) atoms. The molecule has 4 saturated carbocycles. The molecule has 0 amide bonds. The van der Waals surface area contributed by atoms with E-state index in [-0.39, 0.29) is 36.0 Å². The van der Waals surface area contributed by atoms with Crippen LogP contribution in [0.2, 0.25) is 0 Å². The molecule has 12 atom stereocenters. The minimum atomic E-state index is -1.72. The van der Waals surface area contributed by atoms with E-state index in [0.717, 1.165) is 25.7 Å². The van der Waals surface area contributed by atoms with Crippen molar-refractivity contribution in [1.82, 2.24) is 0 Å². The van der Waals surface area contributed by atoms with E-state index in [1.54, 1.807) is 0 Å². The number of esters is 4. The van der Waals surface area contributed by atoms with Gasteiger partial charge in [-0.05, 0) is 73.5 Å². The third-order valence-corrected chi connectivity index (χ3v) is 12.5. The van der Waals surface area contributed by atoms with E-state index in [0.29, 0.717) is 30.6 Å². The Hall–Kier alpha value is -2.42. The van der Waals surface area contributed by atoms with Crippen LogP contribution in [-0.4, -0.2) is 59.0 Å². The quantitative estimate of drug-likeness (QED) is 0.187. The summed E-state index contributed by atoms with van der Waals surface area (Å²) >= 11 is 0. The van der Waals surface area contributed by atoms with Gasteiger partial charge >= 0.3 is 23.9 Å². The summed E-state index contributed by atoms with van der Waals surface area (Å²) in [7, 11) is 0. The maximum Gasteiger partial charge on any atom is 0.303 e. The van der Waals surface area contributed by atoms with E-state index in [1.165, 1.54) is 33.3 Å². The molecule has 0 bridgehead atoms. The molecule has 9 heteroatoms. The molecule has 0 spiro atoms. The van der Waals surface area contributed by atoms with Crippen LogP contribution in [0.25, 0.3) is 0 Å². The molecule has 0 saturated heterocycles. The smallest absolute Gasteiger partial charge is 0.303 e. The second kappa shape index (κ2) is 13.0. The maximum absolute atomic E-state index is 12.8. The van der Waals surface area contributed by atoms with Gasteiger partial charge in [0.25, 0.3) is 0 Å². The molecule has 4 rings (SSSR count). The standard InChI is InChI=1S/C36H56O9/c1-19(2)20(3)11-12-21(4)28-13-14-29-27-16-32(45-25(8)40)36(41)17-26(42-22(5)37)15-31(44-24(7)39)35(36,10)33(27)30(43-23(6)38)18-34(28,29)9/h19,21,26-33,41H,3,11-18H2,1-2,4-10H3/t21-,26+,27+,28-,29+,30-,31-,32-,33-,34-,35-,36+/m1/s1. The van der Waals surface area contributed by atoms with Gasteiger partial charge in [-0.2, -0.15) is 0 Å². The number of hydrogen-bond donors (Lipinski definition) is 1. The molecule has 9 nitrogen and oxygen atoms in total. The number of hydrogen-bond acceptors (Lipinski definition) is 9. The van der Waals surface area contributed by atoms with Crippen LogP contribution in [0.4, 0.5) is 0 Å². The topological polar surface area (TPSA) is 125 Å². The zero-order chi connectivity index (χ0) is 33.6. The zero-order valence-corrected chi connectivity index (χ0v) is 28.9. The first kappa shape index (κ1) is 35.4. The molecule has 0 heterocycles. The van der Waals surface area contributed by atoms with Crippen molar-refractivity contribution >= 4 is 23.9 Å². The Morgan fingerprint density at radius 1 is 0.822 bits per heavy atom. The number of carbonyl (C=O) groups excluding carboxylic acids is 4. The largest absolute Gasteiger partial charge is 0.462 e. The average Bonchev–Trinajstić information content (AvgIpc) is 3.24. The van der Waals surface area contributed by atoms with Gasteiger partial charge in [0.05, 0.1) is 0 Å². The van der Waals surface area contributed by atoms with Gasteiger partial charge in [-0.15, -0.1) is 0 Å². The van der Waals surface area contributed by atoms with Crippen LogP contribution < -0.4 is 0 Å². The highest BCUT2D eigenvalue weighted by Crippen LogP contribution is 2.70. The van der Waals surface area contributed by atoms with E-state index in [2.05, 4.69) is 34.3 Å². The molecule has 0 aliphatic heterocycles. The average molecular weight is 633 g/mol. The van der Waals surface area contributed by atoms with Gasteiger partial charge in [0.1, 0.15) is 30.0 Å². The first-order chi connectivity index (χ1) is 20.8. The van der Waals surface area contributed by atoms with E-state index in [1.807, 2.05) is 6.92 Å². The fourth-order valence-corrected chi connectivity index (χ4v) is 10.6. The molecular formula is C36H56O9. The van der Waals surface area contributed by atoms with Crippen molar-refractivity contribution in [2.75, 3.05) is 0 Å². The lowest BCUT2D eigenvalue weighted by Gasteiger charge is -2.68. The fraction of sp³-hybridized carbons (Fsp3) is 0.833. The normalized spacial score (nSPS) is 41.1. The Morgan fingerprint density at radius 3 is 1.96 bits per heavy atom. The zero-order valence-electron chi connectivity index (χ0n) is 28.9. The Labute approximate surface area is 269 Å². The summed E-state index contributed by atoms with van der Waals surface area (Å²) in [6.45, 7) is 20.6. The number of aliphatic hydroxyl groups is 1. The Bertz CT molecular complexity index is 1180. The predicted molar refractivity (Wildman–Crippen MR) is 167 cm³/mol. The SMILES string of the molecule is C=C(CC[C@@H](C)[C@H]1CC[C@H]2[C@@H]3C[C@@H](OC(C)=O)[C@@]4(O)C[C@@H](OC(C)=O)C[C@@H](OC(C)=O)[C@]4(C)[C@H]3[C@H](OC(C)=O)C[C@]12C)C(C)C. The van der Waals surface area contributed by atoms with Gasteiger partial charge in [0.2, 0.25) is 0 Å². The highest BCUT2D eigenvalue weighted by Gasteiger charge is 2.75. The molecule has 0 aromatic rings. The fourth-order valence-electron chi connectivity index (χ4n) is 10.6. The van der Waals surface area contributed by atoms with Crippen LogP contribution in [0.5, 0.6) is 0 Å². The van der Waals surface area contributed by atoms with Crippen molar-refractivity contribution in [2.45, 2.75) is 144 Å². The first-order valence-electron chi connectivity index (χ1n) is 16.9. The molecule has 4 fully saturated rings. The Balaban J connectivity index is 1.82. The molecule has 0 aromatic heterocycles. The lowest BCUT2D eigenvalue weighted by atomic mass is 9.40. The summed E-state index contributed by atoms with van der Waals surface area (Å²) in [5, 5.41) is 12.8. The molecule has 4 aliphatic carbocycles. The highest BCUT2D eigenvalue weighted by molar-refractivity contribution is 5.68.